The topological polar surface area (TPSA) is 39.7 Å². The minimum Gasteiger partial charge on any atom is -0.357 e. The monoisotopic (exact) mass is 464 g/mol. The highest BCUT2D eigenvalue weighted by molar-refractivity contribution is 14.0. The summed E-state index contributed by atoms with van der Waals surface area (Å²) in [5.41, 5.74) is 0.615. The van der Waals surface area contributed by atoms with Crippen LogP contribution in [0.5, 0.6) is 0 Å². The Labute approximate surface area is 169 Å². The highest BCUT2D eigenvalue weighted by Gasteiger charge is 2.07. The zero-order valence-corrected chi connectivity index (χ0v) is 18.3. The van der Waals surface area contributed by atoms with Gasteiger partial charge in [-0.1, -0.05) is 32.0 Å². The van der Waals surface area contributed by atoms with Gasteiger partial charge >= 0.3 is 0 Å². The fourth-order valence-corrected chi connectivity index (χ4v) is 2.58. The predicted molar refractivity (Wildman–Crippen MR) is 116 cm³/mol. The molecule has 1 aromatic carbocycles. The third-order valence-corrected chi connectivity index (χ3v) is 4.10. The van der Waals surface area contributed by atoms with E-state index >= 15 is 0 Å². The van der Waals surface area contributed by atoms with Gasteiger partial charge in [-0.05, 0) is 52.4 Å². The first-order valence-corrected chi connectivity index (χ1v) is 9.11. The molecule has 0 aliphatic carbocycles. The maximum Gasteiger partial charge on any atom is 0.191 e. The summed E-state index contributed by atoms with van der Waals surface area (Å²) in [6.45, 7) is 13.1. The van der Waals surface area contributed by atoms with Crippen LogP contribution in [0.15, 0.2) is 29.3 Å². The van der Waals surface area contributed by atoms with E-state index in [1.54, 1.807) is 12.1 Å². The maximum absolute atomic E-state index is 13.7. The minimum absolute atomic E-state index is 0. The van der Waals surface area contributed by atoms with Crippen LogP contribution in [0.2, 0.25) is 0 Å². The predicted octanol–water partition coefficient (Wildman–Crippen LogP) is 4.01. The normalized spacial score (nSPS) is 12.6. The molecule has 6 heteroatoms. The summed E-state index contributed by atoms with van der Waals surface area (Å²) in [7, 11) is 0. The van der Waals surface area contributed by atoms with Crippen molar-refractivity contribution in [1.29, 1.82) is 0 Å². The zero-order chi connectivity index (χ0) is 17.8. The Morgan fingerprint density at radius 1 is 1.20 bits per heavy atom. The highest BCUT2D eigenvalue weighted by atomic mass is 127. The molecule has 0 spiro atoms. The van der Waals surface area contributed by atoms with Crippen molar-refractivity contribution in [3.63, 3.8) is 0 Å². The first-order valence-electron chi connectivity index (χ1n) is 9.11. The van der Waals surface area contributed by atoms with Crippen LogP contribution in [0.4, 0.5) is 4.39 Å². The molecule has 0 bridgehead atoms. The van der Waals surface area contributed by atoms with Gasteiger partial charge in [-0.2, -0.15) is 0 Å². The molecule has 25 heavy (non-hydrogen) atoms. The largest absolute Gasteiger partial charge is 0.357 e. The van der Waals surface area contributed by atoms with E-state index in [4.69, 9.17) is 0 Å². The molecule has 144 valence electrons. The summed E-state index contributed by atoms with van der Waals surface area (Å²) in [6, 6.07) is 7.12. The number of nitrogens with zero attached hydrogens (tertiary/aromatic N) is 2. The Morgan fingerprint density at radius 3 is 2.48 bits per heavy atom. The van der Waals surface area contributed by atoms with Gasteiger partial charge in [0.05, 0.1) is 6.54 Å². The molecule has 0 aliphatic heterocycles. The molecule has 1 atom stereocenters. The van der Waals surface area contributed by atoms with Crippen molar-refractivity contribution in [2.75, 3.05) is 26.2 Å². The molecule has 1 aromatic rings. The van der Waals surface area contributed by atoms with Crippen LogP contribution in [0.1, 0.15) is 46.1 Å². The standard InChI is InChI=1S/C19H33FN4.HI/c1-5-21-19(22-15-17-12-8-9-13-18(17)20)23-16(4)11-10-14-24(6-2)7-3;/h8-9,12-13,16H,5-7,10-11,14-15H2,1-4H3,(H2,21,22,23);1H. The molecule has 0 fully saturated rings. The molecule has 1 unspecified atom stereocenters. The number of nitrogens with one attached hydrogen (secondary N) is 2. The van der Waals surface area contributed by atoms with Crippen molar-refractivity contribution in [3.8, 4) is 0 Å². The Balaban J connectivity index is 0.00000576. The number of guanidine groups is 1. The summed E-state index contributed by atoms with van der Waals surface area (Å²) in [5.74, 6) is 0.542. The molecule has 0 aliphatic rings. The number of rotatable bonds is 10. The van der Waals surface area contributed by atoms with Gasteiger partial charge in [0, 0.05) is 18.2 Å². The third-order valence-electron chi connectivity index (χ3n) is 4.10. The molecular formula is C19H34FIN4. The van der Waals surface area contributed by atoms with Crippen LogP contribution in [-0.4, -0.2) is 43.1 Å². The van der Waals surface area contributed by atoms with Gasteiger partial charge in [0.1, 0.15) is 5.82 Å². The van der Waals surface area contributed by atoms with Crippen molar-refractivity contribution in [3.05, 3.63) is 35.6 Å². The lowest BCUT2D eigenvalue weighted by Crippen LogP contribution is -2.42. The fraction of sp³-hybridized carbons (Fsp3) is 0.632. The van der Waals surface area contributed by atoms with E-state index in [-0.39, 0.29) is 29.8 Å². The summed E-state index contributed by atoms with van der Waals surface area (Å²) in [5, 5.41) is 6.65. The Morgan fingerprint density at radius 2 is 1.88 bits per heavy atom. The van der Waals surface area contributed by atoms with Gasteiger partial charge in [0.25, 0.3) is 0 Å². The second-order valence-electron chi connectivity index (χ2n) is 6.00. The van der Waals surface area contributed by atoms with Crippen LogP contribution in [0.3, 0.4) is 0 Å². The van der Waals surface area contributed by atoms with Crippen LogP contribution in [0, 0.1) is 5.82 Å². The smallest absolute Gasteiger partial charge is 0.191 e. The quantitative estimate of drug-likeness (QED) is 0.312. The average molecular weight is 464 g/mol. The van der Waals surface area contributed by atoms with Gasteiger partial charge in [-0.3, -0.25) is 0 Å². The van der Waals surface area contributed by atoms with E-state index < -0.39 is 0 Å². The lowest BCUT2D eigenvalue weighted by atomic mass is 10.2. The molecule has 1 rings (SSSR count). The second kappa shape index (κ2) is 14.3. The fourth-order valence-electron chi connectivity index (χ4n) is 2.58. The maximum atomic E-state index is 13.7. The van der Waals surface area contributed by atoms with E-state index in [0.29, 0.717) is 18.2 Å². The first kappa shape index (κ1) is 24.1. The molecule has 0 heterocycles. The molecule has 0 aromatic heterocycles. The van der Waals surface area contributed by atoms with E-state index in [2.05, 4.69) is 41.3 Å². The molecule has 0 saturated heterocycles. The number of halogens is 2. The molecule has 0 saturated carbocycles. The second-order valence-corrected chi connectivity index (χ2v) is 6.00. The zero-order valence-electron chi connectivity index (χ0n) is 16.0. The molecule has 2 N–H and O–H groups in total. The van der Waals surface area contributed by atoms with Crippen molar-refractivity contribution < 1.29 is 4.39 Å². The molecular weight excluding hydrogens is 430 g/mol. The van der Waals surface area contributed by atoms with Crippen molar-refractivity contribution in [2.24, 2.45) is 4.99 Å². The molecule has 4 nitrogen and oxygen atoms in total. The van der Waals surface area contributed by atoms with Crippen molar-refractivity contribution >= 4 is 29.9 Å². The SMILES string of the molecule is CCNC(=NCc1ccccc1F)NC(C)CCCN(CC)CC.I. The number of hydrogen-bond acceptors (Lipinski definition) is 2. The van der Waals surface area contributed by atoms with Crippen molar-refractivity contribution in [2.45, 2.75) is 53.1 Å². The first-order chi connectivity index (χ1) is 11.6. The molecule has 0 radical (unpaired) electrons. The van der Waals surface area contributed by atoms with E-state index in [0.717, 1.165) is 45.0 Å². The lowest BCUT2D eigenvalue weighted by Gasteiger charge is -2.21. The number of hydrogen-bond donors (Lipinski definition) is 2. The van der Waals surface area contributed by atoms with Gasteiger partial charge in [-0.25, -0.2) is 9.38 Å². The summed E-state index contributed by atoms with van der Waals surface area (Å²) in [4.78, 5) is 6.94. The van der Waals surface area contributed by atoms with E-state index in [9.17, 15) is 4.39 Å². The molecule has 0 amide bonds. The minimum atomic E-state index is -0.204. The van der Waals surface area contributed by atoms with Crippen molar-refractivity contribution in [1.82, 2.24) is 15.5 Å². The van der Waals surface area contributed by atoms with Crippen LogP contribution >= 0.6 is 24.0 Å². The Bertz CT molecular complexity index is 492. The van der Waals surface area contributed by atoms with Gasteiger partial charge in [0.15, 0.2) is 5.96 Å². The van der Waals surface area contributed by atoms with E-state index in [1.165, 1.54) is 6.07 Å². The van der Waals surface area contributed by atoms with Gasteiger partial charge in [-0.15, -0.1) is 24.0 Å². The van der Waals surface area contributed by atoms with Crippen LogP contribution in [-0.2, 0) is 6.54 Å². The average Bonchev–Trinajstić information content (AvgIpc) is 2.58. The Hall–Kier alpha value is -0.890. The van der Waals surface area contributed by atoms with Gasteiger partial charge in [0.2, 0.25) is 0 Å². The summed E-state index contributed by atoms with van der Waals surface area (Å²) in [6.07, 6.45) is 2.24. The summed E-state index contributed by atoms with van der Waals surface area (Å²) < 4.78 is 13.7. The number of aliphatic imine (C=N–C) groups is 1. The van der Waals surface area contributed by atoms with Gasteiger partial charge < -0.3 is 15.5 Å². The van der Waals surface area contributed by atoms with Crippen LogP contribution in [0.25, 0.3) is 0 Å². The number of benzene rings is 1. The van der Waals surface area contributed by atoms with E-state index in [1.807, 2.05) is 13.0 Å². The Kier molecular flexibility index (Phi) is 13.8. The lowest BCUT2D eigenvalue weighted by molar-refractivity contribution is 0.292. The van der Waals surface area contributed by atoms with Crippen LogP contribution < -0.4 is 10.6 Å². The third kappa shape index (κ3) is 9.99. The summed E-state index contributed by atoms with van der Waals surface area (Å²) >= 11 is 0. The highest BCUT2D eigenvalue weighted by Crippen LogP contribution is 2.07.